The van der Waals surface area contributed by atoms with Crippen molar-refractivity contribution in [2.45, 2.75) is 6.42 Å². The number of rotatable bonds is 8. The van der Waals surface area contributed by atoms with Gasteiger partial charge >= 0.3 is 0 Å². The minimum Gasteiger partial charge on any atom is -0.484 e. The number of carbonyl (C=O) groups excluding carboxylic acids is 2. The molecule has 0 unspecified atom stereocenters. The summed E-state index contributed by atoms with van der Waals surface area (Å²) >= 11 is 11.7. The SMILES string of the molecule is C=C(CCNC(=O)COc1ccc(Cl)c(Cl)c1)C(=O)Nc1cccnc1. The quantitative estimate of drug-likeness (QED) is 0.672. The Morgan fingerprint density at radius 3 is 2.69 bits per heavy atom. The van der Waals surface area contributed by atoms with Gasteiger partial charge in [0.05, 0.1) is 21.9 Å². The van der Waals surface area contributed by atoms with Crippen LogP contribution in [0.2, 0.25) is 10.0 Å². The fraction of sp³-hybridized carbons (Fsp3) is 0.167. The van der Waals surface area contributed by atoms with Crippen LogP contribution in [0.1, 0.15) is 6.42 Å². The molecule has 2 amide bonds. The third-order valence-corrected chi connectivity index (χ3v) is 3.99. The van der Waals surface area contributed by atoms with Crippen molar-refractivity contribution < 1.29 is 14.3 Å². The zero-order valence-electron chi connectivity index (χ0n) is 13.8. The first-order valence-corrected chi connectivity index (χ1v) is 8.45. The summed E-state index contributed by atoms with van der Waals surface area (Å²) in [7, 11) is 0. The van der Waals surface area contributed by atoms with Gasteiger partial charge < -0.3 is 15.4 Å². The van der Waals surface area contributed by atoms with Crippen molar-refractivity contribution in [2.75, 3.05) is 18.5 Å². The molecule has 6 nitrogen and oxygen atoms in total. The molecule has 26 heavy (non-hydrogen) atoms. The van der Waals surface area contributed by atoms with Crippen LogP contribution >= 0.6 is 23.2 Å². The molecule has 2 rings (SSSR count). The van der Waals surface area contributed by atoms with Gasteiger partial charge in [-0.3, -0.25) is 14.6 Å². The van der Waals surface area contributed by atoms with E-state index in [-0.39, 0.29) is 25.0 Å². The molecule has 0 radical (unpaired) electrons. The zero-order valence-corrected chi connectivity index (χ0v) is 15.3. The number of aromatic nitrogens is 1. The van der Waals surface area contributed by atoms with Crippen LogP contribution in [0.25, 0.3) is 0 Å². The number of anilines is 1. The number of carbonyl (C=O) groups is 2. The summed E-state index contributed by atoms with van der Waals surface area (Å²) in [4.78, 5) is 27.6. The number of ether oxygens (including phenoxy) is 1. The van der Waals surface area contributed by atoms with Gasteiger partial charge in [-0.1, -0.05) is 29.8 Å². The molecule has 0 saturated carbocycles. The van der Waals surface area contributed by atoms with Crippen molar-refractivity contribution in [3.8, 4) is 5.75 Å². The first kappa shape index (κ1) is 19.8. The first-order chi connectivity index (χ1) is 12.5. The molecule has 136 valence electrons. The van der Waals surface area contributed by atoms with Gasteiger partial charge in [0.2, 0.25) is 0 Å². The van der Waals surface area contributed by atoms with E-state index in [1.54, 1.807) is 30.5 Å². The Hall–Kier alpha value is -2.57. The summed E-state index contributed by atoms with van der Waals surface area (Å²) in [5.41, 5.74) is 0.928. The van der Waals surface area contributed by atoms with E-state index in [1.165, 1.54) is 12.3 Å². The smallest absolute Gasteiger partial charge is 0.257 e. The molecule has 0 atom stereocenters. The Kier molecular flexibility index (Phi) is 7.44. The molecule has 8 heteroatoms. The van der Waals surface area contributed by atoms with Gasteiger partial charge in [0, 0.05) is 24.4 Å². The Balaban J connectivity index is 1.68. The topological polar surface area (TPSA) is 80.3 Å². The highest BCUT2D eigenvalue weighted by atomic mass is 35.5. The van der Waals surface area contributed by atoms with Crippen LogP contribution < -0.4 is 15.4 Å². The fourth-order valence-electron chi connectivity index (χ4n) is 1.89. The predicted octanol–water partition coefficient (Wildman–Crippen LogP) is 3.47. The van der Waals surface area contributed by atoms with Crippen molar-refractivity contribution in [1.29, 1.82) is 0 Å². The molecule has 0 saturated heterocycles. The second-order valence-corrected chi connectivity index (χ2v) is 6.08. The molecule has 0 aliphatic rings. The number of pyridine rings is 1. The van der Waals surface area contributed by atoms with Crippen LogP contribution in [-0.2, 0) is 9.59 Å². The number of benzene rings is 1. The summed E-state index contributed by atoms with van der Waals surface area (Å²) < 4.78 is 5.32. The van der Waals surface area contributed by atoms with Crippen molar-refractivity contribution >= 4 is 40.7 Å². The lowest BCUT2D eigenvalue weighted by molar-refractivity contribution is -0.123. The average Bonchev–Trinajstić information content (AvgIpc) is 2.63. The van der Waals surface area contributed by atoms with Gasteiger partial charge in [0.25, 0.3) is 11.8 Å². The molecular weight excluding hydrogens is 377 g/mol. The third kappa shape index (κ3) is 6.38. The van der Waals surface area contributed by atoms with Gasteiger partial charge in [-0.25, -0.2) is 0 Å². The van der Waals surface area contributed by atoms with Crippen LogP contribution in [0.15, 0.2) is 54.9 Å². The van der Waals surface area contributed by atoms with Crippen LogP contribution in [0.5, 0.6) is 5.75 Å². The molecule has 2 aromatic rings. The van der Waals surface area contributed by atoms with E-state index in [0.29, 0.717) is 33.5 Å². The van der Waals surface area contributed by atoms with Crippen LogP contribution in [0.4, 0.5) is 5.69 Å². The van der Waals surface area contributed by atoms with E-state index in [2.05, 4.69) is 22.2 Å². The number of nitrogens with zero attached hydrogens (tertiary/aromatic N) is 1. The van der Waals surface area contributed by atoms with Crippen molar-refractivity contribution in [3.63, 3.8) is 0 Å². The zero-order chi connectivity index (χ0) is 18.9. The van der Waals surface area contributed by atoms with Gasteiger partial charge in [-0.15, -0.1) is 0 Å². The second-order valence-electron chi connectivity index (χ2n) is 5.26. The highest BCUT2D eigenvalue weighted by Crippen LogP contribution is 2.26. The lowest BCUT2D eigenvalue weighted by Gasteiger charge is -2.10. The minimum absolute atomic E-state index is 0.174. The number of nitrogens with one attached hydrogen (secondary N) is 2. The lowest BCUT2D eigenvalue weighted by atomic mass is 10.2. The summed E-state index contributed by atoms with van der Waals surface area (Å²) in [6, 6.07) is 8.17. The molecule has 0 bridgehead atoms. The van der Waals surface area contributed by atoms with E-state index in [0.717, 1.165) is 0 Å². The highest BCUT2D eigenvalue weighted by molar-refractivity contribution is 6.42. The van der Waals surface area contributed by atoms with E-state index >= 15 is 0 Å². The van der Waals surface area contributed by atoms with E-state index in [1.807, 2.05) is 0 Å². The van der Waals surface area contributed by atoms with Gasteiger partial charge in [-0.2, -0.15) is 0 Å². The molecule has 0 fully saturated rings. The normalized spacial score (nSPS) is 10.1. The summed E-state index contributed by atoms with van der Waals surface area (Å²) in [6.45, 7) is 3.81. The molecular formula is C18H17Cl2N3O3. The standard InChI is InChI=1S/C18H17Cl2N3O3/c1-12(18(25)23-13-3-2-7-21-10-13)6-8-22-17(24)11-26-14-4-5-15(19)16(20)9-14/h2-5,7,9-10H,1,6,8,11H2,(H,22,24)(H,23,25). The molecule has 0 spiro atoms. The first-order valence-electron chi connectivity index (χ1n) is 7.69. The fourth-order valence-corrected chi connectivity index (χ4v) is 2.18. The molecule has 2 N–H and O–H groups in total. The monoisotopic (exact) mass is 393 g/mol. The number of hydrogen-bond acceptors (Lipinski definition) is 4. The van der Waals surface area contributed by atoms with Gasteiger partial charge in [0.15, 0.2) is 6.61 Å². The summed E-state index contributed by atoms with van der Waals surface area (Å²) in [6.07, 6.45) is 3.46. The molecule has 1 aromatic carbocycles. The summed E-state index contributed by atoms with van der Waals surface area (Å²) in [5.74, 6) is -0.203. The van der Waals surface area contributed by atoms with Crippen LogP contribution in [0.3, 0.4) is 0 Å². The average molecular weight is 394 g/mol. The second kappa shape index (κ2) is 9.79. The predicted molar refractivity (Wildman–Crippen MR) is 102 cm³/mol. The van der Waals surface area contributed by atoms with E-state index in [9.17, 15) is 9.59 Å². The van der Waals surface area contributed by atoms with Gasteiger partial charge in [0.1, 0.15) is 5.75 Å². The van der Waals surface area contributed by atoms with E-state index in [4.69, 9.17) is 27.9 Å². The van der Waals surface area contributed by atoms with Crippen molar-refractivity contribution in [1.82, 2.24) is 10.3 Å². The molecule has 0 aliphatic heterocycles. The number of hydrogen-bond donors (Lipinski definition) is 2. The summed E-state index contributed by atoms with van der Waals surface area (Å²) in [5, 5.41) is 6.08. The maximum absolute atomic E-state index is 12.0. The van der Waals surface area contributed by atoms with Gasteiger partial charge in [-0.05, 0) is 30.7 Å². The largest absolute Gasteiger partial charge is 0.484 e. The Morgan fingerprint density at radius 2 is 2.00 bits per heavy atom. The highest BCUT2D eigenvalue weighted by Gasteiger charge is 2.09. The Labute approximate surface area is 161 Å². The maximum Gasteiger partial charge on any atom is 0.257 e. The van der Waals surface area contributed by atoms with Crippen molar-refractivity contribution in [3.05, 3.63) is 64.9 Å². The van der Waals surface area contributed by atoms with Crippen molar-refractivity contribution in [2.24, 2.45) is 0 Å². The molecule has 1 heterocycles. The van der Waals surface area contributed by atoms with E-state index < -0.39 is 0 Å². The Bertz CT molecular complexity index is 798. The molecule has 1 aromatic heterocycles. The van der Waals surface area contributed by atoms with Crippen LogP contribution in [0, 0.1) is 0 Å². The number of amides is 2. The Morgan fingerprint density at radius 1 is 1.19 bits per heavy atom. The maximum atomic E-state index is 12.0. The lowest BCUT2D eigenvalue weighted by Crippen LogP contribution is -2.30. The van der Waals surface area contributed by atoms with Crippen LogP contribution in [-0.4, -0.2) is 29.9 Å². The minimum atomic E-state index is -0.323. The third-order valence-electron chi connectivity index (χ3n) is 3.25. The number of halogens is 2. The molecule has 0 aliphatic carbocycles.